The molecule has 3 fully saturated rings. The van der Waals surface area contributed by atoms with Gasteiger partial charge in [0.1, 0.15) is 98.6 Å². The summed E-state index contributed by atoms with van der Waals surface area (Å²) in [6.45, 7) is 43.4. The van der Waals surface area contributed by atoms with Gasteiger partial charge in [-0.15, -0.1) is 0 Å². The van der Waals surface area contributed by atoms with E-state index in [1.165, 1.54) is 208 Å². The number of rotatable bonds is 11. The highest BCUT2D eigenvalue weighted by atomic mass is 16.8. The van der Waals surface area contributed by atoms with Crippen molar-refractivity contribution >= 4 is 90.7 Å². The molecular formula is C73H127N15O29. The molecule has 668 valence electrons. The summed E-state index contributed by atoms with van der Waals surface area (Å²) in [6, 6.07) is -7.83. The number of guanidine groups is 5. The number of aliphatic hydroxyl groups is 5. The molecule has 10 amide bonds. The molecule has 0 radical (unpaired) electrons. The molecule has 0 aromatic rings. The molecule has 3 aliphatic rings. The lowest BCUT2D eigenvalue weighted by Gasteiger charge is -2.50. The molecule has 13 unspecified atom stereocenters. The van der Waals surface area contributed by atoms with E-state index in [9.17, 15) is 73.5 Å². The predicted octanol–water partition coefficient (Wildman–Crippen LogP) is 6.29. The van der Waals surface area contributed by atoms with E-state index < -0.39 is 258 Å². The summed E-state index contributed by atoms with van der Waals surface area (Å²) in [7, 11) is 0. The number of nitrogens with zero attached hydrogens (tertiary/aromatic N) is 5. The van der Waals surface area contributed by atoms with Gasteiger partial charge in [-0.1, -0.05) is 0 Å². The van der Waals surface area contributed by atoms with Gasteiger partial charge in [-0.2, -0.15) is 0 Å². The monoisotopic (exact) mass is 1680 g/mol. The molecule has 117 heavy (non-hydrogen) atoms. The minimum Gasteiger partial charge on any atom is -0.444 e. The molecule has 3 rings (SSSR count). The molecule has 15 N–H and O–H groups in total. The Hall–Kier alpha value is -9.31. The van der Waals surface area contributed by atoms with Crippen molar-refractivity contribution in [1.29, 1.82) is 0 Å². The second-order valence-electron chi connectivity index (χ2n) is 37.2. The number of ether oxygens (including phenoxy) is 14. The maximum atomic E-state index is 14.4. The predicted molar refractivity (Wildman–Crippen MR) is 418 cm³/mol. The third-order valence-electron chi connectivity index (χ3n) is 13.6. The average Bonchev–Trinajstić information content (AvgIpc) is 0.750. The summed E-state index contributed by atoms with van der Waals surface area (Å²) in [5, 5.41) is 85.8. The van der Waals surface area contributed by atoms with Gasteiger partial charge in [-0.3, -0.25) is 53.2 Å². The van der Waals surface area contributed by atoms with Crippen molar-refractivity contribution in [3.8, 4) is 0 Å². The Balaban J connectivity index is 2.88. The van der Waals surface area contributed by atoms with Gasteiger partial charge in [0.05, 0.1) is 31.3 Å². The Morgan fingerprint density at radius 3 is 0.906 bits per heavy atom. The number of aliphatic hydroxyl groups excluding tert-OH is 4. The Labute approximate surface area is 681 Å². The first-order valence-corrected chi connectivity index (χ1v) is 37.6. The highest BCUT2D eigenvalue weighted by Crippen LogP contribution is 2.41. The van der Waals surface area contributed by atoms with Gasteiger partial charge in [0.15, 0.2) is 18.4 Å². The lowest BCUT2D eigenvalue weighted by atomic mass is 9.83. The molecule has 44 nitrogen and oxygen atoms in total. The number of hydrogen-bond donors (Lipinski definition) is 15. The number of hydrogen-bond acceptors (Lipinski definition) is 34. The van der Waals surface area contributed by atoms with Crippen molar-refractivity contribution in [1.82, 2.24) is 53.2 Å². The van der Waals surface area contributed by atoms with Crippen LogP contribution < -0.4 is 53.2 Å². The van der Waals surface area contributed by atoms with Gasteiger partial charge < -0.3 is 91.8 Å². The second kappa shape index (κ2) is 40.4. The molecule has 1 aliphatic carbocycles. The molecule has 1 saturated carbocycles. The largest absolute Gasteiger partial charge is 0.444 e. The lowest BCUT2D eigenvalue weighted by Crippen LogP contribution is -2.66. The van der Waals surface area contributed by atoms with Gasteiger partial charge in [0, 0.05) is 12.8 Å². The van der Waals surface area contributed by atoms with Gasteiger partial charge in [-0.25, -0.2) is 72.9 Å². The molecule has 0 spiro atoms. The van der Waals surface area contributed by atoms with E-state index in [4.69, 9.17) is 71.3 Å². The van der Waals surface area contributed by atoms with Crippen molar-refractivity contribution in [2.24, 2.45) is 25.0 Å². The number of amides is 10. The van der Waals surface area contributed by atoms with E-state index >= 15 is 0 Å². The third-order valence-corrected chi connectivity index (χ3v) is 13.6. The van der Waals surface area contributed by atoms with Crippen LogP contribution in [0, 0.1) is 0 Å². The van der Waals surface area contributed by atoms with Crippen LogP contribution in [0.2, 0.25) is 0 Å². The average molecular weight is 1680 g/mol. The molecule has 0 aromatic carbocycles. The van der Waals surface area contributed by atoms with E-state index in [1.807, 2.05) is 0 Å². The highest BCUT2D eigenvalue weighted by Gasteiger charge is 2.58. The molecule has 2 saturated heterocycles. The van der Waals surface area contributed by atoms with Crippen molar-refractivity contribution in [3.63, 3.8) is 0 Å². The number of carbonyl (C=O) groups excluding carboxylic acids is 10. The maximum Gasteiger partial charge on any atom is 0.414 e. The van der Waals surface area contributed by atoms with Crippen LogP contribution in [-0.4, -0.2) is 265 Å². The SMILES string of the molecule is CC(C)(C)OC(=O)NC(=NCC1OC(OC2(O)CC(N=C(NC(=O)OC(C)(C)C)NC(=O)OC(C)(C)C)CC(N=C(NC(=O)OC(C)(C)C)NC(=O)OC(C)(C)C)C2OC2OC(CO)C(O)C(N=C(NC(=O)OC(C)(C)C)NC(=O)OC(C)(C)C)C2O)C(N=C(NC(=O)OC(C)(C)C)NC(=O)OC(C)(C)C)CC1O)NC(=O)OC(C)(C)C. The Morgan fingerprint density at radius 1 is 0.350 bits per heavy atom. The molecule has 0 aromatic heterocycles. The zero-order valence-electron chi connectivity index (χ0n) is 72.7. The summed E-state index contributed by atoms with van der Waals surface area (Å²) in [4.78, 5) is 160. The fourth-order valence-corrected chi connectivity index (χ4v) is 10.0. The van der Waals surface area contributed by atoms with Crippen LogP contribution in [0.15, 0.2) is 25.0 Å². The molecule has 44 heteroatoms. The molecule has 13 atom stereocenters. The van der Waals surface area contributed by atoms with Crippen molar-refractivity contribution in [2.45, 2.75) is 362 Å². The first kappa shape index (κ1) is 102. The Kier molecular flexibility index (Phi) is 35.2. The zero-order valence-corrected chi connectivity index (χ0v) is 72.7. The number of aliphatic imine (C=N–C) groups is 5. The second-order valence-corrected chi connectivity index (χ2v) is 37.2. The van der Waals surface area contributed by atoms with Crippen LogP contribution in [0.5, 0.6) is 0 Å². The molecule has 2 aliphatic heterocycles. The van der Waals surface area contributed by atoms with Crippen LogP contribution in [0.3, 0.4) is 0 Å². The normalized spacial score (nSPS) is 23.3. The third kappa shape index (κ3) is 41.6. The van der Waals surface area contributed by atoms with Gasteiger partial charge in [-0.05, 0) is 214 Å². The summed E-state index contributed by atoms with van der Waals surface area (Å²) < 4.78 is 81.4. The summed E-state index contributed by atoms with van der Waals surface area (Å²) in [6.07, 6.45) is -32.2. The molecular weight excluding hydrogens is 1550 g/mol. The van der Waals surface area contributed by atoms with Crippen LogP contribution in [-0.2, 0) is 66.3 Å². The fourth-order valence-electron chi connectivity index (χ4n) is 10.0. The molecule has 2 heterocycles. The maximum absolute atomic E-state index is 14.4. The minimum atomic E-state index is -3.41. The van der Waals surface area contributed by atoms with Gasteiger partial charge in [0.25, 0.3) is 0 Å². The van der Waals surface area contributed by atoms with E-state index in [0.29, 0.717) is 0 Å². The quantitative estimate of drug-likeness (QED) is 0.0468. The first-order valence-electron chi connectivity index (χ1n) is 37.6. The number of carbonyl (C=O) groups is 10. The van der Waals surface area contributed by atoms with E-state index in [0.717, 1.165) is 0 Å². The van der Waals surface area contributed by atoms with Crippen molar-refractivity contribution in [3.05, 3.63) is 0 Å². The number of alkyl carbamates (subject to hydrolysis) is 10. The summed E-state index contributed by atoms with van der Waals surface area (Å²) in [5.74, 6) is -7.37. The summed E-state index contributed by atoms with van der Waals surface area (Å²) >= 11 is 0. The Bertz CT molecular complexity index is 3450. The van der Waals surface area contributed by atoms with Crippen molar-refractivity contribution < 1.29 is 140 Å². The van der Waals surface area contributed by atoms with Crippen LogP contribution in [0.1, 0.15) is 227 Å². The van der Waals surface area contributed by atoms with E-state index in [-0.39, 0.29) is 0 Å². The van der Waals surface area contributed by atoms with Crippen LogP contribution in [0.4, 0.5) is 47.9 Å². The first-order chi connectivity index (χ1) is 52.7. The van der Waals surface area contributed by atoms with Crippen LogP contribution >= 0.6 is 0 Å². The topological polar surface area (TPSA) is 583 Å². The Morgan fingerprint density at radius 2 is 0.615 bits per heavy atom. The van der Waals surface area contributed by atoms with E-state index in [1.54, 1.807) is 0 Å². The minimum absolute atomic E-state index is 0.655. The number of nitrogens with one attached hydrogen (secondary N) is 10. The smallest absolute Gasteiger partial charge is 0.414 e. The standard InChI is InChI=1S/C73H127N15O29/c1-63(2,3)108-53(93)79-48(80-54(94)109-64(4,5)6)74-34-40-39(90)32-38(77-51(85-59(99)114-69(19,20)21)86-60(100)115-70(22,23)24)46(104-40)107-73(103)33-36(75-49(81-55(95)110-65(7,8)9)82-56(96)111-66(10,11)12)31-37(76-50(83-57(97)112-67(13,14)15)84-58(98)113-68(16,17)18)45(73)106-47-44(92)42(43(91)41(35-89)105-47)78-52(87-61(101)116-71(25,26)27)88-62(102)117-72(28,29)30/h36-47,89-92,103H,31-35H2,1-30H3,(H2,74,79,80,93,94)(H2,75,81,82,95,96)(H2,76,83,84,97,98)(H2,77,85,86,99,100)(H2,78,87,88,101,102). The highest BCUT2D eigenvalue weighted by molar-refractivity contribution is 6.04. The fraction of sp³-hybridized carbons (Fsp3) is 0.795. The van der Waals surface area contributed by atoms with Gasteiger partial charge in [0.2, 0.25) is 29.8 Å². The molecule has 0 bridgehead atoms. The van der Waals surface area contributed by atoms with Crippen molar-refractivity contribution in [2.75, 3.05) is 13.2 Å². The summed E-state index contributed by atoms with van der Waals surface area (Å²) in [5.41, 5.74) is -12.1. The van der Waals surface area contributed by atoms with Gasteiger partial charge >= 0.3 is 60.9 Å². The lowest BCUT2D eigenvalue weighted by molar-refractivity contribution is -0.386. The van der Waals surface area contributed by atoms with E-state index in [2.05, 4.69) is 73.1 Å². The zero-order chi connectivity index (χ0) is 90.1. The van der Waals surface area contributed by atoms with Crippen LogP contribution in [0.25, 0.3) is 0 Å².